The molecule has 0 aliphatic carbocycles. The van der Waals surface area contributed by atoms with E-state index < -0.39 is 12.1 Å². The maximum absolute atomic E-state index is 12.5. The number of benzene rings is 2. The SMILES string of the molecule is C[C@@H](c1nc2ccccc2s1)N(C)C(=O)COC(=O)[C@@H]1COc2ccccc2O1. The van der Waals surface area contributed by atoms with Gasteiger partial charge in [0.1, 0.15) is 11.6 Å². The first-order valence-electron chi connectivity index (χ1n) is 9.19. The lowest BCUT2D eigenvalue weighted by Crippen LogP contribution is -2.40. The van der Waals surface area contributed by atoms with Crippen molar-refractivity contribution < 1.29 is 23.8 Å². The van der Waals surface area contributed by atoms with Gasteiger partial charge in [-0.05, 0) is 31.2 Å². The molecule has 7 nitrogen and oxygen atoms in total. The Balaban J connectivity index is 1.33. The van der Waals surface area contributed by atoms with Crippen LogP contribution >= 0.6 is 11.3 Å². The van der Waals surface area contributed by atoms with Crippen LogP contribution in [0.25, 0.3) is 10.2 Å². The van der Waals surface area contributed by atoms with Crippen LogP contribution in [0.5, 0.6) is 11.5 Å². The van der Waals surface area contributed by atoms with Crippen molar-refractivity contribution in [3.63, 3.8) is 0 Å². The zero-order valence-corrected chi connectivity index (χ0v) is 16.8. The summed E-state index contributed by atoms with van der Waals surface area (Å²) in [6.07, 6.45) is -0.898. The van der Waals surface area contributed by atoms with Crippen molar-refractivity contribution in [2.45, 2.75) is 19.1 Å². The van der Waals surface area contributed by atoms with E-state index in [1.807, 2.05) is 37.3 Å². The monoisotopic (exact) mass is 412 g/mol. The van der Waals surface area contributed by atoms with Gasteiger partial charge in [0.2, 0.25) is 6.10 Å². The lowest BCUT2D eigenvalue weighted by molar-refractivity contribution is -0.160. The van der Waals surface area contributed by atoms with Gasteiger partial charge in [0, 0.05) is 7.05 Å². The first kappa shape index (κ1) is 19.2. The number of nitrogens with zero attached hydrogens (tertiary/aromatic N) is 2. The molecule has 1 aromatic heterocycles. The Labute approximate surface area is 171 Å². The number of likely N-dealkylation sites (N-methyl/N-ethyl adjacent to an activating group) is 1. The van der Waals surface area contributed by atoms with Crippen molar-refractivity contribution in [2.24, 2.45) is 0 Å². The van der Waals surface area contributed by atoms with Crippen molar-refractivity contribution in [2.75, 3.05) is 20.3 Å². The smallest absolute Gasteiger partial charge is 0.351 e. The van der Waals surface area contributed by atoms with Gasteiger partial charge >= 0.3 is 5.97 Å². The quantitative estimate of drug-likeness (QED) is 0.599. The summed E-state index contributed by atoms with van der Waals surface area (Å²) >= 11 is 1.54. The average Bonchev–Trinajstić information content (AvgIpc) is 3.20. The molecule has 1 amide bonds. The Hall–Kier alpha value is -3.13. The van der Waals surface area contributed by atoms with Gasteiger partial charge in [-0.1, -0.05) is 24.3 Å². The molecule has 0 fully saturated rings. The summed E-state index contributed by atoms with van der Waals surface area (Å²) in [4.78, 5) is 30.9. The predicted octanol–water partition coefficient (Wildman–Crippen LogP) is 3.20. The number of hydrogen-bond acceptors (Lipinski definition) is 7. The van der Waals surface area contributed by atoms with E-state index in [-0.39, 0.29) is 25.2 Å². The van der Waals surface area contributed by atoms with Gasteiger partial charge < -0.3 is 19.1 Å². The fourth-order valence-electron chi connectivity index (χ4n) is 2.91. The Morgan fingerprint density at radius 3 is 2.72 bits per heavy atom. The molecule has 0 spiro atoms. The lowest BCUT2D eigenvalue weighted by atomic mass is 10.2. The highest BCUT2D eigenvalue weighted by molar-refractivity contribution is 7.18. The molecular weight excluding hydrogens is 392 g/mol. The van der Waals surface area contributed by atoms with Crippen LogP contribution in [0, 0.1) is 0 Å². The molecule has 2 aromatic carbocycles. The molecule has 0 N–H and O–H groups in total. The zero-order chi connectivity index (χ0) is 20.4. The second-order valence-corrected chi connectivity index (χ2v) is 7.73. The topological polar surface area (TPSA) is 78.0 Å². The van der Waals surface area contributed by atoms with Crippen LogP contribution in [0.4, 0.5) is 0 Å². The number of hydrogen-bond donors (Lipinski definition) is 0. The fourth-order valence-corrected chi connectivity index (χ4v) is 3.98. The minimum absolute atomic E-state index is 0.0436. The third kappa shape index (κ3) is 4.02. The van der Waals surface area contributed by atoms with Crippen molar-refractivity contribution in [3.05, 3.63) is 53.5 Å². The second kappa shape index (κ2) is 8.08. The summed E-state index contributed by atoms with van der Waals surface area (Å²) in [6.45, 7) is 1.57. The average molecular weight is 412 g/mol. The van der Waals surface area contributed by atoms with Gasteiger partial charge in [-0.25, -0.2) is 9.78 Å². The standard InChI is InChI=1S/C21H20N2O5S/c1-13(20-22-14-7-3-6-10-18(14)29-20)23(2)19(24)12-27-21(25)17-11-26-15-8-4-5-9-16(15)28-17/h3-10,13,17H,11-12H2,1-2H3/t13-,17-/m0/s1. The second-order valence-electron chi connectivity index (χ2n) is 6.67. The Bertz CT molecular complexity index is 1020. The maximum atomic E-state index is 12.5. The Morgan fingerprint density at radius 1 is 1.21 bits per heavy atom. The van der Waals surface area contributed by atoms with Crippen LogP contribution in [-0.2, 0) is 14.3 Å². The first-order chi connectivity index (χ1) is 14.0. The summed E-state index contributed by atoms with van der Waals surface area (Å²) in [6, 6.07) is 14.7. The number of fused-ring (bicyclic) bond motifs is 2. The molecule has 2 atom stereocenters. The first-order valence-corrected chi connectivity index (χ1v) is 10.0. The minimum atomic E-state index is -0.898. The predicted molar refractivity (Wildman–Crippen MR) is 108 cm³/mol. The van der Waals surface area contributed by atoms with Gasteiger partial charge in [-0.15, -0.1) is 11.3 Å². The van der Waals surface area contributed by atoms with E-state index in [0.717, 1.165) is 15.2 Å². The summed E-state index contributed by atoms with van der Waals surface area (Å²) in [7, 11) is 1.67. The Morgan fingerprint density at radius 2 is 1.93 bits per heavy atom. The van der Waals surface area contributed by atoms with E-state index in [1.54, 1.807) is 36.6 Å². The number of para-hydroxylation sites is 3. The number of aromatic nitrogens is 1. The van der Waals surface area contributed by atoms with Crippen molar-refractivity contribution in [1.82, 2.24) is 9.88 Å². The normalized spacial score (nSPS) is 16.3. The van der Waals surface area contributed by atoms with Crippen molar-refractivity contribution >= 4 is 33.4 Å². The van der Waals surface area contributed by atoms with E-state index >= 15 is 0 Å². The molecule has 1 aliphatic rings. The maximum Gasteiger partial charge on any atom is 0.351 e. The number of carbonyl (C=O) groups is 2. The van der Waals surface area contributed by atoms with Crippen LogP contribution in [0.1, 0.15) is 18.0 Å². The van der Waals surface area contributed by atoms with Crippen LogP contribution < -0.4 is 9.47 Å². The van der Waals surface area contributed by atoms with Gasteiger partial charge in [0.15, 0.2) is 18.1 Å². The van der Waals surface area contributed by atoms with Gasteiger partial charge in [-0.3, -0.25) is 4.79 Å². The van der Waals surface area contributed by atoms with E-state index in [0.29, 0.717) is 11.5 Å². The van der Waals surface area contributed by atoms with E-state index in [4.69, 9.17) is 14.2 Å². The third-order valence-corrected chi connectivity index (χ3v) is 5.96. The molecule has 2 heterocycles. The fraction of sp³-hybridized carbons (Fsp3) is 0.286. The lowest BCUT2D eigenvalue weighted by Gasteiger charge is -2.26. The molecular formula is C21H20N2O5S. The number of esters is 1. The molecule has 0 radical (unpaired) electrons. The van der Waals surface area contributed by atoms with Crippen LogP contribution in [0.15, 0.2) is 48.5 Å². The molecule has 29 heavy (non-hydrogen) atoms. The summed E-state index contributed by atoms with van der Waals surface area (Å²) in [5.74, 6) is 0.113. The van der Waals surface area contributed by atoms with E-state index in [9.17, 15) is 9.59 Å². The molecule has 150 valence electrons. The number of ether oxygens (including phenoxy) is 3. The number of rotatable bonds is 5. The number of thiazole rings is 1. The molecule has 0 saturated heterocycles. The van der Waals surface area contributed by atoms with Gasteiger partial charge in [0.05, 0.1) is 16.3 Å². The van der Waals surface area contributed by atoms with Crippen molar-refractivity contribution in [3.8, 4) is 11.5 Å². The van der Waals surface area contributed by atoms with E-state index in [1.165, 1.54) is 4.90 Å². The highest BCUT2D eigenvalue weighted by atomic mass is 32.1. The minimum Gasteiger partial charge on any atom is -0.485 e. The molecule has 0 unspecified atom stereocenters. The van der Waals surface area contributed by atoms with E-state index in [2.05, 4.69) is 4.98 Å². The highest BCUT2D eigenvalue weighted by Gasteiger charge is 2.30. The molecule has 0 bridgehead atoms. The van der Waals surface area contributed by atoms with Crippen LogP contribution in [-0.4, -0.2) is 48.1 Å². The Kier molecular flexibility index (Phi) is 5.35. The molecule has 0 saturated carbocycles. The largest absolute Gasteiger partial charge is 0.485 e. The molecule has 4 rings (SSSR count). The zero-order valence-electron chi connectivity index (χ0n) is 16.0. The molecule has 3 aromatic rings. The third-order valence-electron chi connectivity index (χ3n) is 4.75. The summed E-state index contributed by atoms with van der Waals surface area (Å²) in [5.41, 5.74) is 0.904. The summed E-state index contributed by atoms with van der Waals surface area (Å²) in [5, 5.41) is 0.828. The van der Waals surface area contributed by atoms with Gasteiger partial charge in [0.25, 0.3) is 5.91 Å². The number of carbonyl (C=O) groups excluding carboxylic acids is 2. The summed E-state index contributed by atoms with van der Waals surface area (Å²) < 4.78 is 17.4. The van der Waals surface area contributed by atoms with Crippen LogP contribution in [0.3, 0.4) is 0 Å². The molecule has 1 aliphatic heterocycles. The van der Waals surface area contributed by atoms with Gasteiger partial charge in [-0.2, -0.15) is 0 Å². The van der Waals surface area contributed by atoms with Crippen LogP contribution in [0.2, 0.25) is 0 Å². The number of amides is 1. The van der Waals surface area contributed by atoms with Crippen molar-refractivity contribution in [1.29, 1.82) is 0 Å². The molecule has 8 heteroatoms. The highest BCUT2D eigenvalue weighted by Crippen LogP contribution is 2.31.